The number of nitrogens with zero attached hydrogens (tertiary/aromatic N) is 4. The first-order valence-electron chi connectivity index (χ1n) is 9.15. The minimum Gasteiger partial charge on any atom is -0.481 e. The summed E-state index contributed by atoms with van der Waals surface area (Å²) in [4.78, 5) is 4.86. The van der Waals surface area contributed by atoms with Crippen molar-refractivity contribution < 1.29 is 9.15 Å². The summed E-state index contributed by atoms with van der Waals surface area (Å²) < 4.78 is 12.4. The van der Waals surface area contributed by atoms with Crippen molar-refractivity contribution in [1.29, 1.82) is 5.26 Å². The number of hydrogen-bond acceptors (Lipinski definition) is 5. The molecule has 6 nitrogen and oxygen atoms in total. The smallest absolute Gasteiger partial charge is 0.268 e. The normalized spacial score (nSPS) is 16.7. The van der Waals surface area contributed by atoms with Crippen molar-refractivity contribution in [2.75, 3.05) is 7.11 Å². The lowest BCUT2D eigenvalue weighted by molar-refractivity contribution is 0.383. The molecule has 3 aromatic rings. The molecule has 0 amide bonds. The highest BCUT2D eigenvalue weighted by Gasteiger charge is 2.28. The molecule has 134 valence electrons. The summed E-state index contributed by atoms with van der Waals surface area (Å²) in [7, 11) is 1.64. The molecule has 0 aliphatic carbocycles. The molecular formula is C19H23BN4O2. The maximum Gasteiger partial charge on any atom is 0.268 e. The van der Waals surface area contributed by atoms with Gasteiger partial charge in [-0.25, -0.2) is 10.2 Å². The van der Waals surface area contributed by atoms with Gasteiger partial charge in [0.25, 0.3) is 6.71 Å². The van der Waals surface area contributed by atoms with E-state index in [0.29, 0.717) is 5.88 Å². The fourth-order valence-electron chi connectivity index (χ4n) is 3.50. The van der Waals surface area contributed by atoms with E-state index in [9.17, 15) is 5.26 Å². The van der Waals surface area contributed by atoms with E-state index in [1.54, 1.807) is 30.3 Å². The minimum atomic E-state index is 0.117. The van der Waals surface area contributed by atoms with Crippen LogP contribution in [0.15, 0.2) is 35.3 Å². The van der Waals surface area contributed by atoms with E-state index in [4.69, 9.17) is 14.1 Å². The Hall–Kier alpha value is -2.75. The first-order chi connectivity index (χ1) is 12.8. The van der Waals surface area contributed by atoms with Gasteiger partial charge in [-0.2, -0.15) is 9.61 Å². The van der Waals surface area contributed by atoms with Crippen molar-refractivity contribution in [1.82, 2.24) is 14.6 Å². The Morgan fingerprint density at radius 3 is 2.96 bits per heavy atom. The highest BCUT2D eigenvalue weighted by Crippen LogP contribution is 2.35. The van der Waals surface area contributed by atoms with E-state index in [-0.39, 0.29) is 12.6 Å². The van der Waals surface area contributed by atoms with Gasteiger partial charge in [0.2, 0.25) is 5.88 Å². The number of methoxy groups -OCH3 is 1. The van der Waals surface area contributed by atoms with Gasteiger partial charge < -0.3 is 9.15 Å². The predicted octanol–water partition coefficient (Wildman–Crippen LogP) is 4.46. The van der Waals surface area contributed by atoms with Gasteiger partial charge in [-0.1, -0.05) is 32.9 Å². The highest BCUT2D eigenvalue weighted by atomic mass is 16.5. The molecule has 0 radical (unpaired) electrons. The van der Waals surface area contributed by atoms with Gasteiger partial charge in [-0.3, -0.25) is 0 Å². The molecule has 1 atom stereocenters. The Bertz CT molecular complexity index is 898. The molecule has 1 unspecified atom stereocenters. The van der Waals surface area contributed by atoms with E-state index in [0.717, 1.165) is 47.9 Å². The fourth-order valence-corrected chi connectivity index (χ4v) is 3.50. The van der Waals surface area contributed by atoms with Crippen LogP contribution in [-0.2, 0) is 0 Å². The molecule has 4 heterocycles. The second kappa shape index (κ2) is 8.09. The number of fused-ring (bicyclic) bond motifs is 1. The van der Waals surface area contributed by atoms with E-state index >= 15 is 0 Å². The molecule has 26 heavy (non-hydrogen) atoms. The van der Waals surface area contributed by atoms with E-state index in [1.165, 1.54) is 0 Å². The van der Waals surface area contributed by atoms with Crippen LogP contribution in [0.25, 0.3) is 16.8 Å². The summed E-state index contributed by atoms with van der Waals surface area (Å²) in [5.41, 5.74) is 3.58. The molecule has 0 N–H and O–H groups in total. The third kappa shape index (κ3) is 3.32. The first kappa shape index (κ1) is 18.1. The molecule has 0 aromatic carbocycles. The molecule has 1 aliphatic heterocycles. The van der Waals surface area contributed by atoms with Gasteiger partial charge in [-0.15, -0.1) is 0 Å². The van der Waals surface area contributed by atoms with Crippen LogP contribution >= 0.6 is 0 Å². The molecule has 1 saturated heterocycles. The first-order valence-corrected chi connectivity index (χ1v) is 9.15. The molecule has 0 spiro atoms. The molecule has 0 bridgehead atoms. The van der Waals surface area contributed by atoms with E-state index < -0.39 is 0 Å². The lowest BCUT2D eigenvalue weighted by Gasteiger charge is -2.23. The topological polar surface area (TPSA) is 76.3 Å². The fraction of sp³-hybridized carbons (Fsp3) is 0.421. The third-order valence-electron chi connectivity index (χ3n) is 4.78. The van der Waals surface area contributed by atoms with Crippen LogP contribution in [0.4, 0.5) is 0 Å². The van der Waals surface area contributed by atoms with E-state index in [2.05, 4.69) is 11.1 Å². The van der Waals surface area contributed by atoms with Gasteiger partial charge in [0.1, 0.15) is 0 Å². The zero-order valence-corrected chi connectivity index (χ0v) is 15.5. The highest BCUT2D eigenvalue weighted by molar-refractivity contribution is 6.67. The quantitative estimate of drug-likeness (QED) is 0.652. The molecule has 4 rings (SSSR count). The maximum atomic E-state index is 9.24. The lowest BCUT2D eigenvalue weighted by atomic mass is 9.41. The molecule has 3 aromatic heterocycles. The Balaban J connectivity index is 0.000000948. The second-order valence-corrected chi connectivity index (χ2v) is 6.22. The van der Waals surface area contributed by atoms with Crippen molar-refractivity contribution in [2.45, 2.75) is 45.2 Å². The third-order valence-corrected chi connectivity index (χ3v) is 4.78. The van der Waals surface area contributed by atoms with Crippen LogP contribution in [0.1, 0.15) is 38.3 Å². The monoisotopic (exact) mass is 350 g/mol. The summed E-state index contributed by atoms with van der Waals surface area (Å²) >= 11 is 0. The molecule has 1 aliphatic rings. The van der Waals surface area contributed by atoms with Gasteiger partial charge in [0.15, 0.2) is 5.65 Å². The van der Waals surface area contributed by atoms with E-state index in [1.807, 2.05) is 26.0 Å². The van der Waals surface area contributed by atoms with Crippen LogP contribution in [0.2, 0.25) is 12.6 Å². The average molecular weight is 350 g/mol. The molecule has 0 saturated carbocycles. The zero-order valence-electron chi connectivity index (χ0n) is 15.5. The zero-order chi connectivity index (χ0) is 18.5. The summed E-state index contributed by atoms with van der Waals surface area (Å²) in [5, 5.41) is 13.6. The number of nitriles is 1. The number of hydrogen-bond donors (Lipinski definition) is 0. The predicted molar refractivity (Wildman–Crippen MR) is 102 cm³/mol. The number of furan rings is 1. The lowest BCUT2D eigenvalue weighted by Crippen LogP contribution is -2.21. The van der Waals surface area contributed by atoms with Crippen molar-refractivity contribution in [3.05, 3.63) is 36.5 Å². The number of ether oxygens (including phenoxy) is 1. The largest absolute Gasteiger partial charge is 0.481 e. The van der Waals surface area contributed by atoms with Gasteiger partial charge in [0, 0.05) is 23.2 Å². The molecule has 7 heteroatoms. The van der Waals surface area contributed by atoms with Crippen molar-refractivity contribution in [3.63, 3.8) is 0 Å². The van der Waals surface area contributed by atoms with Gasteiger partial charge in [0.05, 0.1) is 31.5 Å². The summed E-state index contributed by atoms with van der Waals surface area (Å²) in [6.45, 7) is 4.12. The van der Waals surface area contributed by atoms with Crippen LogP contribution in [0, 0.1) is 11.2 Å². The molecular weight excluding hydrogens is 327 g/mol. The van der Waals surface area contributed by atoms with Gasteiger partial charge >= 0.3 is 0 Å². The minimum absolute atomic E-state index is 0.117. The number of aromatic nitrogens is 3. The van der Waals surface area contributed by atoms with Crippen LogP contribution in [0.3, 0.4) is 0 Å². The summed E-state index contributed by atoms with van der Waals surface area (Å²) in [6.07, 6.45) is 9.06. The summed E-state index contributed by atoms with van der Waals surface area (Å²) in [5.74, 6) is 3.35. The molecule has 1 fully saturated rings. The Morgan fingerprint density at radius 2 is 2.27 bits per heavy atom. The second-order valence-electron chi connectivity index (χ2n) is 6.22. The van der Waals surface area contributed by atoms with Crippen molar-refractivity contribution in [3.8, 4) is 23.0 Å². The van der Waals surface area contributed by atoms with Crippen LogP contribution in [-0.4, -0.2) is 28.4 Å². The summed E-state index contributed by atoms with van der Waals surface area (Å²) in [6, 6.07) is 3.84. The Kier molecular flexibility index (Phi) is 5.62. The van der Waals surface area contributed by atoms with Gasteiger partial charge in [-0.05, 0) is 18.4 Å². The Morgan fingerprint density at radius 1 is 1.42 bits per heavy atom. The standard InChI is InChI=1S/C17H17BN4O2.C2H6/c1-23-16-7-15(12-3-2-5-18(8-12)11-19)21-17-14(9-20-22(16)17)13-4-6-24-10-13;1-2/h4,6-7,9-10,12H,2-3,5,8H2,1H3;1-2H3. The SMILES string of the molecule is CC.COc1cc(C2CCCB(C#N)C2)nc2c(-c3ccoc3)cnn12. The maximum absolute atomic E-state index is 9.24. The van der Waals surface area contributed by atoms with Crippen molar-refractivity contribution >= 4 is 12.4 Å². The van der Waals surface area contributed by atoms with Crippen LogP contribution in [0.5, 0.6) is 5.88 Å². The number of rotatable bonds is 3. The average Bonchev–Trinajstić information content (AvgIpc) is 3.38. The van der Waals surface area contributed by atoms with Crippen molar-refractivity contribution in [2.24, 2.45) is 0 Å². The van der Waals surface area contributed by atoms with Crippen LogP contribution < -0.4 is 4.74 Å². The Labute approximate surface area is 153 Å².